The van der Waals surface area contributed by atoms with Crippen LogP contribution in [0.4, 0.5) is 4.39 Å². The van der Waals surface area contributed by atoms with Crippen molar-refractivity contribution in [1.29, 1.82) is 0 Å². The van der Waals surface area contributed by atoms with E-state index < -0.39 is 26.7 Å². The van der Waals surface area contributed by atoms with E-state index in [2.05, 4.69) is 5.16 Å². The zero-order valence-corrected chi connectivity index (χ0v) is 16.7. The standard InChI is InChI=1S/C19H24FNO5S/c1-5-16(20)13-7-9-14(10-8-13)17-11-15(26-21-17)12-19(3,27(4,23)24)18(22)25-6-2/h5,7-10,15H,6,11-12H2,1-4H3/b16-5-/t15-,19-/m1/s1. The van der Waals surface area contributed by atoms with E-state index in [1.807, 2.05) is 0 Å². The normalized spacial score (nSPS) is 19.8. The SMILES string of the molecule is C/C=C(\F)c1ccc(C2=NO[C@@H](C[C@](C)(C(=O)OCC)S(C)(=O)=O)C2)cc1. The third-order valence-electron chi connectivity index (χ3n) is 4.62. The zero-order valence-electron chi connectivity index (χ0n) is 15.9. The molecule has 27 heavy (non-hydrogen) atoms. The van der Waals surface area contributed by atoms with Gasteiger partial charge in [0.25, 0.3) is 0 Å². The summed E-state index contributed by atoms with van der Waals surface area (Å²) in [5.41, 5.74) is 1.83. The minimum absolute atomic E-state index is 0.0665. The van der Waals surface area contributed by atoms with Crippen molar-refractivity contribution in [3.05, 3.63) is 41.5 Å². The van der Waals surface area contributed by atoms with Crippen molar-refractivity contribution in [3.63, 3.8) is 0 Å². The summed E-state index contributed by atoms with van der Waals surface area (Å²) >= 11 is 0. The fourth-order valence-electron chi connectivity index (χ4n) is 2.80. The molecule has 0 saturated carbocycles. The smallest absolute Gasteiger partial charge is 0.327 e. The van der Waals surface area contributed by atoms with Crippen LogP contribution in [0.2, 0.25) is 0 Å². The summed E-state index contributed by atoms with van der Waals surface area (Å²) in [5.74, 6) is -1.11. The first kappa shape index (κ1) is 21.1. The topological polar surface area (TPSA) is 82.0 Å². The second kappa shape index (κ2) is 8.21. The van der Waals surface area contributed by atoms with Crippen molar-refractivity contribution in [1.82, 2.24) is 0 Å². The molecule has 0 N–H and O–H groups in total. The van der Waals surface area contributed by atoms with Gasteiger partial charge in [0.1, 0.15) is 11.9 Å². The molecule has 1 aromatic carbocycles. The number of oxime groups is 1. The van der Waals surface area contributed by atoms with Crippen molar-refractivity contribution < 1.29 is 27.2 Å². The third kappa shape index (κ3) is 4.55. The fraction of sp³-hybridized carbons (Fsp3) is 0.474. The molecule has 0 aliphatic carbocycles. The van der Waals surface area contributed by atoms with Crippen LogP contribution < -0.4 is 0 Å². The Morgan fingerprint density at radius 3 is 2.56 bits per heavy atom. The number of nitrogens with zero attached hydrogens (tertiary/aromatic N) is 1. The number of hydrogen-bond donors (Lipinski definition) is 0. The molecule has 1 aliphatic heterocycles. The molecule has 1 heterocycles. The second-order valence-electron chi connectivity index (χ2n) is 6.61. The monoisotopic (exact) mass is 397 g/mol. The highest BCUT2D eigenvalue weighted by Crippen LogP contribution is 2.30. The number of carbonyl (C=O) groups is 1. The molecular formula is C19H24FNO5S. The largest absolute Gasteiger partial charge is 0.465 e. The number of rotatable bonds is 7. The molecule has 0 bridgehead atoms. The summed E-state index contributed by atoms with van der Waals surface area (Å²) in [6, 6.07) is 6.73. The Labute approximate surface area is 159 Å². The first-order valence-corrected chi connectivity index (χ1v) is 10.5. The number of sulfone groups is 1. The van der Waals surface area contributed by atoms with Gasteiger partial charge in [-0.05, 0) is 26.3 Å². The van der Waals surface area contributed by atoms with Gasteiger partial charge in [-0.1, -0.05) is 35.5 Å². The summed E-state index contributed by atoms with van der Waals surface area (Å²) < 4.78 is 41.2. The Morgan fingerprint density at radius 2 is 2.04 bits per heavy atom. The lowest BCUT2D eigenvalue weighted by Crippen LogP contribution is -2.47. The van der Waals surface area contributed by atoms with Crippen LogP contribution >= 0.6 is 0 Å². The predicted molar refractivity (Wildman–Crippen MR) is 102 cm³/mol. The lowest BCUT2D eigenvalue weighted by Gasteiger charge is -2.27. The number of allylic oxidation sites excluding steroid dienone is 1. The van der Waals surface area contributed by atoms with Crippen molar-refractivity contribution in [2.45, 2.75) is 44.5 Å². The van der Waals surface area contributed by atoms with Crippen molar-refractivity contribution in [3.8, 4) is 0 Å². The van der Waals surface area contributed by atoms with Crippen LogP contribution in [0.5, 0.6) is 0 Å². The van der Waals surface area contributed by atoms with Crippen LogP contribution in [0.1, 0.15) is 44.7 Å². The lowest BCUT2D eigenvalue weighted by molar-refractivity contribution is -0.146. The van der Waals surface area contributed by atoms with E-state index in [1.165, 1.54) is 13.0 Å². The van der Waals surface area contributed by atoms with Crippen molar-refractivity contribution in [2.24, 2.45) is 5.16 Å². The van der Waals surface area contributed by atoms with Gasteiger partial charge in [-0.25, -0.2) is 12.8 Å². The maximum atomic E-state index is 13.6. The average molecular weight is 397 g/mol. The molecular weight excluding hydrogens is 373 g/mol. The molecule has 0 saturated heterocycles. The Kier molecular flexibility index (Phi) is 6.41. The molecule has 2 atom stereocenters. The average Bonchev–Trinajstić information content (AvgIpc) is 3.08. The number of ether oxygens (including phenoxy) is 1. The Balaban J connectivity index is 2.13. The Hall–Kier alpha value is -2.22. The van der Waals surface area contributed by atoms with Gasteiger partial charge in [0.05, 0.1) is 12.3 Å². The summed E-state index contributed by atoms with van der Waals surface area (Å²) in [7, 11) is -3.73. The minimum Gasteiger partial charge on any atom is -0.465 e. The summed E-state index contributed by atoms with van der Waals surface area (Å²) in [6.07, 6.45) is 2.09. The summed E-state index contributed by atoms with van der Waals surface area (Å²) in [6.45, 7) is 4.67. The van der Waals surface area contributed by atoms with Gasteiger partial charge in [-0.3, -0.25) is 4.79 Å². The highest BCUT2D eigenvalue weighted by atomic mass is 32.2. The fourth-order valence-corrected chi connectivity index (χ4v) is 3.65. The van der Waals surface area contributed by atoms with Crippen molar-refractivity contribution >= 4 is 27.3 Å². The van der Waals surface area contributed by atoms with Crippen LogP contribution in [-0.4, -0.2) is 43.8 Å². The quantitative estimate of drug-likeness (QED) is 0.660. The molecule has 1 aromatic rings. The number of hydrogen-bond acceptors (Lipinski definition) is 6. The van der Waals surface area contributed by atoms with E-state index in [4.69, 9.17) is 9.57 Å². The van der Waals surface area contributed by atoms with Crippen LogP contribution in [0.15, 0.2) is 35.5 Å². The first-order chi connectivity index (χ1) is 12.6. The lowest BCUT2D eigenvalue weighted by atomic mass is 9.96. The molecule has 2 rings (SSSR count). The van der Waals surface area contributed by atoms with Gasteiger partial charge in [0.2, 0.25) is 0 Å². The van der Waals surface area contributed by atoms with E-state index in [-0.39, 0.29) is 18.9 Å². The molecule has 0 aromatic heterocycles. The van der Waals surface area contributed by atoms with E-state index in [1.54, 1.807) is 38.1 Å². The molecule has 0 fully saturated rings. The van der Waals surface area contributed by atoms with Crippen LogP contribution in [0.3, 0.4) is 0 Å². The Morgan fingerprint density at radius 1 is 1.41 bits per heavy atom. The maximum absolute atomic E-state index is 13.6. The van der Waals surface area contributed by atoms with Gasteiger partial charge < -0.3 is 9.57 Å². The number of carbonyl (C=O) groups excluding carboxylic acids is 1. The van der Waals surface area contributed by atoms with Gasteiger partial charge in [-0.2, -0.15) is 0 Å². The zero-order chi connectivity index (χ0) is 20.2. The van der Waals surface area contributed by atoms with Gasteiger partial charge in [-0.15, -0.1) is 0 Å². The molecule has 0 radical (unpaired) electrons. The van der Waals surface area contributed by atoms with E-state index >= 15 is 0 Å². The molecule has 6 nitrogen and oxygen atoms in total. The number of esters is 1. The summed E-state index contributed by atoms with van der Waals surface area (Å²) in [4.78, 5) is 17.6. The second-order valence-corrected chi connectivity index (χ2v) is 9.06. The molecule has 1 aliphatic rings. The van der Waals surface area contributed by atoms with Crippen LogP contribution in [-0.2, 0) is 24.2 Å². The molecule has 148 valence electrons. The molecule has 0 spiro atoms. The summed E-state index contributed by atoms with van der Waals surface area (Å²) in [5, 5.41) is 4.01. The van der Waals surface area contributed by atoms with Crippen LogP contribution in [0.25, 0.3) is 5.83 Å². The van der Waals surface area contributed by atoms with Gasteiger partial charge >= 0.3 is 5.97 Å². The highest BCUT2D eigenvalue weighted by Gasteiger charge is 2.48. The van der Waals surface area contributed by atoms with E-state index in [9.17, 15) is 17.6 Å². The van der Waals surface area contributed by atoms with Gasteiger partial charge in [0, 0.05) is 24.7 Å². The van der Waals surface area contributed by atoms with Crippen molar-refractivity contribution in [2.75, 3.05) is 12.9 Å². The van der Waals surface area contributed by atoms with Crippen LogP contribution in [0, 0.1) is 0 Å². The Bertz CT molecular complexity index is 861. The molecule has 8 heteroatoms. The minimum atomic E-state index is -3.73. The van der Waals surface area contributed by atoms with E-state index in [0.717, 1.165) is 11.8 Å². The predicted octanol–water partition coefficient (Wildman–Crippen LogP) is 3.27. The highest BCUT2D eigenvalue weighted by molar-refractivity contribution is 7.92. The maximum Gasteiger partial charge on any atom is 0.327 e. The van der Waals surface area contributed by atoms with E-state index in [0.29, 0.717) is 17.7 Å². The third-order valence-corrected chi connectivity index (χ3v) is 6.59. The first-order valence-electron chi connectivity index (χ1n) is 8.64. The molecule has 0 amide bonds. The van der Waals surface area contributed by atoms with Gasteiger partial charge in [0.15, 0.2) is 14.6 Å². The number of benzene rings is 1. The molecule has 0 unspecified atom stereocenters. The number of halogens is 1.